The maximum absolute atomic E-state index is 12.7. The molecule has 120 valence electrons. The number of carboxylic acids is 1. The monoisotopic (exact) mass is 397 g/mol. The molecule has 8 heteroatoms. The highest BCUT2D eigenvalue weighted by atomic mass is 79.9. The first-order valence-electron chi connectivity index (χ1n) is 6.76. The lowest BCUT2D eigenvalue weighted by molar-refractivity contribution is 0.0702. The number of hydrogen-bond acceptors (Lipinski definition) is 4. The Labute approximate surface area is 138 Å². The lowest BCUT2D eigenvalue weighted by Gasteiger charge is -2.25. The van der Waals surface area contributed by atoms with Crippen molar-refractivity contribution >= 4 is 43.3 Å². The number of nitrogens with zero attached hydrogens (tertiary/aromatic N) is 1. The number of unbranched alkanes of at least 4 members (excludes halogenated alkanes) is 2. The van der Waals surface area contributed by atoms with Crippen molar-refractivity contribution in [2.45, 2.75) is 51.0 Å². The molecule has 1 heterocycles. The number of halogens is 1. The average molecular weight is 398 g/mol. The Bertz CT molecular complexity index is 595. The molecule has 21 heavy (non-hydrogen) atoms. The molecular weight excluding hydrogens is 378 g/mol. The third kappa shape index (κ3) is 4.51. The standard InChI is InChI=1S/C13H20BrNO4S2/c1-4-5-6-7-15(9(2)3)21(18,19)11-8-10(13(16)17)20-12(11)14/h8-9H,4-7H2,1-3H3,(H,16,17). The fourth-order valence-electron chi connectivity index (χ4n) is 1.93. The lowest BCUT2D eigenvalue weighted by atomic mass is 10.2. The van der Waals surface area contributed by atoms with Gasteiger partial charge in [0, 0.05) is 12.6 Å². The largest absolute Gasteiger partial charge is 0.477 e. The second-order valence-electron chi connectivity index (χ2n) is 4.97. The number of carbonyl (C=O) groups is 1. The first kappa shape index (κ1) is 18.6. The molecule has 0 aromatic carbocycles. The van der Waals surface area contributed by atoms with Crippen LogP contribution in [-0.4, -0.2) is 36.4 Å². The van der Waals surface area contributed by atoms with Crippen molar-refractivity contribution in [2.75, 3.05) is 6.54 Å². The number of aromatic carboxylic acids is 1. The van der Waals surface area contributed by atoms with Crippen molar-refractivity contribution < 1.29 is 18.3 Å². The number of thiophene rings is 1. The molecular formula is C13H20BrNO4S2. The molecule has 1 aromatic heterocycles. The molecule has 1 rings (SSSR count). The predicted molar refractivity (Wildman–Crippen MR) is 87.5 cm³/mol. The molecule has 0 atom stereocenters. The van der Waals surface area contributed by atoms with Gasteiger partial charge in [-0.05, 0) is 42.3 Å². The van der Waals surface area contributed by atoms with Crippen molar-refractivity contribution in [3.63, 3.8) is 0 Å². The maximum Gasteiger partial charge on any atom is 0.345 e. The molecule has 0 radical (unpaired) electrons. The van der Waals surface area contributed by atoms with E-state index >= 15 is 0 Å². The van der Waals surface area contributed by atoms with Gasteiger partial charge in [0.1, 0.15) is 9.77 Å². The number of hydrogen-bond donors (Lipinski definition) is 1. The zero-order chi connectivity index (χ0) is 16.2. The molecule has 0 aliphatic heterocycles. The number of rotatable bonds is 8. The van der Waals surface area contributed by atoms with Crippen LogP contribution in [0, 0.1) is 0 Å². The average Bonchev–Trinajstić information content (AvgIpc) is 2.77. The van der Waals surface area contributed by atoms with E-state index in [2.05, 4.69) is 22.9 Å². The predicted octanol–water partition coefficient (Wildman–Crippen LogP) is 3.80. The molecule has 0 fully saturated rings. The summed E-state index contributed by atoms with van der Waals surface area (Å²) < 4.78 is 27.2. The van der Waals surface area contributed by atoms with Crippen LogP contribution < -0.4 is 0 Å². The van der Waals surface area contributed by atoms with Gasteiger partial charge in [-0.2, -0.15) is 4.31 Å². The van der Waals surface area contributed by atoms with Crippen LogP contribution in [0.2, 0.25) is 0 Å². The minimum absolute atomic E-state index is 0.0118. The van der Waals surface area contributed by atoms with Crippen LogP contribution in [0.15, 0.2) is 14.7 Å². The fraction of sp³-hybridized carbons (Fsp3) is 0.615. The van der Waals surface area contributed by atoms with Gasteiger partial charge in [0.05, 0.1) is 3.79 Å². The van der Waals surface area contributed by atoms with Gasteiger partial charge < -0.3 is 5.11 Å². The van der Waals surface area contributed by atoms with E-state index in [0.717, 1.165) is 30.6 Å². The van der Waals surface area contributed by atoms with E-state index in [0.29, 0.717) is 10.3 Å². The summed E-state index contributed by atoms with van der Waals surface area (Å²) in [6, 6.07) is 1.05. The lowest BCUT2D eigenvalue weighted by Crippen LogP contribution is -2.37. The van der Waals surface area contributed by atoms with E-state index in [1.165, 1.54) is 10.4 Å². The second kappa shape index (κ2) is 7.71. The topological polar surface area (TPSA) is 74.7 Å². The Morgan fingerprint density at radius 2 is 2.05 bits per heavy atom. The van der Waals surface area contributed by atoms with Crippen molar-refractivity contribution in [3.05, 3.63) is 14.7 Å². The van der Waals surface area contributed by atoms with Gasteiger partial charge in [0.15, 0.2) is 0 Å². The van der Waals surface area contributed by atoms with E-state index in [-0.39, 0.29) is 15.8 Å². The SMILES string of the molecule is CCCCCN(C(C)C)S(=O)(=O)c1cc(C(=O)O)sc1Br. The van der Waals surface area contributed by atoms with Crippen molar-refractivity contribution in [1.29, 1.82) is 0 Å². The third-order valence-electron chi connectivity index (χ3n) is 3.01. The van der Waals surface area contributed by atoms with Crippen LogP contribution in [-0.2, 0) is 10.0 Å². The summed E-state index contributed by atoms with van der Waals surface area (Å²) in [6.45, 7) is 6.14. The van der Waals surface area contributed by atoms with Crippen LogP contribution in [0.25, 0.3) is 0 Å². The molecule has 0 aliphatic rings. The quantitative estimate of drug-likeness (QED) is 0.676. The van der Waals surface area contributed by atoms with Crippen LogP contribution in [0.3, 0.4) is 0 Å². The van der Waals surface area contributed by atoms with Crippen molar-refractivity contribution in [1.82, 2.24) is 4.31 Å². The van der Waals surface area contributed by atoms with Crippen molar-refractivity contribution in [2.24, 2.45) is 0 Å². The Morgan fingerprint density at radius 1 is 1.43 bits per heavy atom. The number of sulfonamides is 1. The summed E-state index contributed by atoms with van der Waals surface area (Å²) in [7, 11) is -3.69. The zero-order valence-electron chi connectivity index (χ0n) is 12.3. The molecule has 0 spiro atoms. The molecule has 5 nitrogen and oxygen atoms in total. The minimum atomic E-state index is -3.69. The highest BCUT2D eigenvalue weighted by Gasteiger charge is 2.30. The summed E-state index contributed by atoms with van der Waals surface area (Å²) in [5.41, 5.74) is 0. The summed E-state index contributed by atoms with van der Waals surface area (Å²) in [5, 5.41) is 8.99. The normalized spacial score (nSPS) is 12.3. The zero-order valence-corrected chi connectivity index (χ0v) is 15.5. The van der Waals surface area contributed by atoms with Gasteiger partial charge in [-0.15, -0.1) is 11.3 Å². The van der Waals surface area contributed by atoms with Gasteiger partial charge in [0.25, 0.3) is 0 Å². The summed E-state index contributed by atoms with van der Waals surface area (Å²) in [6.07, 6.45) is 2.77. The summed E-state index contributed by atoms with van der Waals surface area (Å²) in [4.78, 5) is 11.0. The van der Waals surface area contributed by atoms with Crippen LogP contribution in [0.4, 0.5) is 0 Å². The van der Waals surface area contributed by atoms with Gasteiger partial charge in [-0.25, -0.2) is 13.2 Å². The molecule has 1 N–H and O–H groups in total. The molecule has 0 aliphatic carbocycles. The van der Waals surface area contributed by atoms with E-state index < -0.39 is 16.0 Å². The molecule has 0 amide bonds. The highest BCUT2D eigenvalue weighted by molar-refractivity contribution is 9.11. The molecule has 0 bridgehead atoms. The Kier molecular flexibility index (Phi) is 6.83. The molecule has 0 unspecified atom stereocenters. The molecule has 0 saturated heterocycles. The van der Waals surface area contributed by atoms with E-state index in [1.807, 2.05) is 13.8 Å². The minimum Gasteiger partial charge on any atom is -0.477 e. The first-order valence-corrected chi connectivity index (χ1v) is 9.81. The van der Waals surface area contributed by atoms with Gasteiger partial charge in [0.2, 0.25) is 10.0 Å². The van der Waals surface area contributed by atoms with Crippen LogP contribution >= 0.6 is 27.3 Å². The molecule has 0 saturated carbocycles. The summed E-state index contributed by atoms with van der Waals surface area (Å²) >= 11 is 4.09. The molecule has 1 aromatic rings. The van der Waals surface area contributed by atoms with E-state index in [1.54, 1.807) is 0 Å². The van der Waals surface area contributed by atoms with Gasteiger partial charge >= 0.3 is 5.97 Å². The van der Waals surface area contributed by atoms with E-state index in [9.17, 15) is 13.2 Å². The van der Waals surface area contributed by atoms with Crippen LogP contribution in [0.1, 0.15) is 49.7 Å². The van der Waals surface area contributed by atoms with E-state index in [4.69, 9.17) is 5.11 Å². The summed E-state index contributed by atoms with van der Waals surface area (Å²) in [5.74, 6) is -1.12. The Hall–Kier alpha value is -0.440. The van der Waals surface area contributed by atoms with Gasteiger partial charge in [-0.1, -0.05) is 19.8 Å². The van der Waals surface area contributed by atoms with Crippen molar-refractivity contribution in [3.8, 4) is 0 Å². The Balaban J connectivity index is 3.13. The second-order valence-corrected chi connectivity index (χ2v) is 9.20. The van der Waals surface area contributed by atoms with Crippen LogP contribution in [0.5, 0.6) is 0 Å². The van der Waals surface area contributed by atoms with Gasteiger partial charge in [-0.3, -0.25) is 0 Å². The Morgan fingerprint density at radius 3 is 2.48 bits per heavy atom. The first-order chi connectivity index (χ1) is 9.71. The smallest absolute Gasteiger partial charge is 0.345 e. The maximum atomic E-state index is 12.7. The third-order valence-corrected chi connectivity index (χ3v) is 7.33. The fourth-order valence-corrected chi connectivity index (χ4v) is 5.96. The number of carboxylic acid groups (broad SMARTS) is 1. The highest BCUT2D eigenvalue weighted by Crippen LogP contribution is 2.34.